The number of rotatable bonds is 7. The number of sulfonamides is 1. The van der Waals surface area contributed by atoms with Crippen molar-refractivity contribution in [2.45, 2.75) is 80.7 Å². The van der Waals surface area contributed by atoms with Gasteiger partial charge in [0.05, 0.1) is 24.1 Å². The summed E-state index contributed by atoms with van der Waals surface area (Å²) in [6.45, 7) is 2.14. The van der Waals surface area contributed by atoms with Crippen LogP contribution in [0.2, 0.25) is 0 Å². The molecule has 14 heteroatoms. The Morgan fingerprint density at radius 2 is 1.89 bits per heavy atom. The molecule has 46 heavy (non-hydrogen) atoms. The van der Waals surface area contributed by atoms with Crippen molar-refractivity contribution in [3.05, 3.63) is 48.6 Å². The second-order valence-electron chi connectivity index (χ2n) is 12.8. The number of benzene rings is 1. The predicted molar refractivity (Wildman–Crippen MR) is 168 cm³/mol. The fourth-order valence-electron chi connectivity index (χ4n) is 6.03. The average Bonchev–Trinajstić information content (AvgIpc) is 3.92. The monoisotopic (exact) mass is 652 g/mol. The molecule has 2 aliphatic carbocycles. The maximum Gasteiger partial charge on any atom is 0.320 e. The van der Waals surface area contributed by atoms with Gasteiger partial charge in [0, 0.05) is 30.5 Å². The summed E-state index contributed by atoms with van der Waals surface area (Å²) in [5.74, 6) is -1.45. The van der Waals surface area contributed by atoms with E-state index in [1.165, 1.54) is 12.0 Å². The fourth-order valence-corrected chi connectivity index (χ4v) is 7.34. The number of urea groups is 1. The lowest BCUT2D eigenvalue weighted by molar-refractivity contribution is -0.131. The topological polar surface area (TPSA) is 169 Å². The van der Waals surface area contributed by atoms with E-state index in [4.69, 9.17) is 9.47 Å². The molecule has 3 heterocycles. The van der Waals surface area contributed by atoms with Gasteiger partial charge in [-0.2, -0.15) is 9.97 Å². The molecular formula is C32H40N6O7S. The highest BCUT2D eigenvalue weighted by molar-refractivity contribution is 7.91. The SMILES string of the molecule is COc1nc(OC2CC3C(=O)NC4(C(=O)NS(=O)(=O)C5(C)CC5)CC4C=CCCCCCNC(=O)N3C2)cc(-c2ccccc2)n1. The molecule has 3 N–H and O–H groups in total. The molecule has 2 aromatic rings. The van der Waals surface area contributed by atoms with Crippen LogP contribution in [0.25, 0.3) is 11.3 Å². The second kappa shape index (κ2) is 12.5. The van der Waals surface area contributed by atoms with Crippen LogP contribution >= 0.6 is 0 Å². The van der Waals surface area contributed by atoms with E-state index in [2.05, 4.69) is 25.3 Å². The highest BCUT2D eigenvalue weighted by Gasteiger charge is 2.63. The van der Waals surface area contributed by atoms with Gasteiger partial charge < -0.3 is 25.0 Å². The van der Waals surface area contributed by atoms with Crippen LogP contribution in [0.5, 0.6) is 11.9 Å². The van der Waals surface area contributed by atoms with Crippen LogP contribution in [-0.4, -0.2) is 83.8 Å². The minimum atomic E-state index is -3.92. The number of hydrogen-bond donors (Lipinski definition) is 3. The predicted octanol–water partition coefficient (Wildman–Crippen LogP) is 2.69. The third kappa shape index (κ3) is 6.53. The highest BCUT2D eigenvalue weighted by atomic mass is 32.2. The summed E-state index contributed by atoms with van der Waals surface area (Å²) in [5.41, 5.74) is -0.0145. The highest BCUT2D eigenvalue weighted by Crippen LogP contribution is 2.47. The van der Waals surface area contributed by atoms with Crippen LogP contribution in [0, 0.1) is 5.92 Å². The lowest BCUT2D eigenvalue weighted by atomic mass is 10.1. The van der Waals surface area contributed by atoms with Crippen molar-refractivity contribution in [2.24, 2.45) is 5.92 Å². The first kappa shape index (κ1) is 31.8. The first-order valence-electron chi connectivity index (χ1n) is 15.8. The Morgan fingerprint density at radius 3 is 2.63 bits per heavy atom. The first-order chi connectivity index (χ1) is 22.0. The van der Waals surface area contributed by atoms with Gasteiger partial charge in [-0.3, -0.25) is 14.3 Å². The smallest absolute Gasteiger partial charge is 0.320 e. The van der Waals surface area contributed by atoms with Crippen molar-refractivity contribution in [3.8, 4) is 23.1 Å². The summed E-state index contributed by atoms with van der Waals surface area (Å²) in [6, 6.07) is 9.86. The Hall–Kier alpha value is -4.20. The molecule has 4 unspecified atom stereocenters. The second-order valence-corrected chi connectivity index (χ2v) is 14.9. The van der Waals surface area contributed by atoms with Crippen molar-refractivity contribution in [1.82, 2.24) is 30.2 Å². The number of nitrogens with one attached hydrogen (secondary N) is 3. The van der Waals surface area contributed by atoms with Gasteiger partial charge in [0.15, 0.2) is 0 Å². The summed E-state index contributed by atoms with van der Waals surface area (Å²) in [5, 5.41) is 5.78. The lowest BCUT2D eigenvalue weighted by Gasteiger charge is -2.27. The van der Waals surface area contributed by atoms with Gasteiger partial charge in [0.1, 0.15) is 17.7 Å². The van der Waals surface area contributed by atoms with E-state index in [9.17, 15) is 22.8 Å². The number of nitrogens with zero attached hydrogens (tertiary/aromatic N) is 3. The number of amides is 4. The maximum absolute atomic E-state index is 14.0. The minimum absolute atomic E-state index is 0.0895. The van der Waals surface area contributed by atoms with Gasteiger partial charge in [-0.05, 0) is 45.4 Å². The molecule has 3 fully saturated rings. The number of carbonyl (C=O) groups is 3. The van der Waals surface area contributed by atoms with Crippen molar-refractivity contribution in [3.63, 3.8) is 0 Å². The lowest BCUT2D eigenvalue weighted by Crippen LogP contribution is -2.57. The number of carbonyl (C=O) groups excluding carboxylic acids is 3. The van der Waals surface area contributed by atoms with Gasteiger partial charge in [0.2, 0.25) is 21.8 Å². The normalized spacial score (nSPS) is 27.5. The van der Waals surface area contributed by atoms with Gasteiger partial charge in [-0.25, -0.2) is 13.2 Å². The van der Waals surface area contributed by atoms with Gasteiger partial charge in [-0.1, -0.05) is 48.9 Å². The summed E-state index contributed by atoms with van der Waals surface area (Å²) in [6.07, 6.45) is 7.92. The van der Waals surface area contributed by atoms with E-state index < -0.39 is 50.3 Å². The number of aromatic nitrogens is 2. The summed E-state index contributed by atoms with van der Waals surface area (Å²) < 4.78 is 38.7. The molecule has 2 aliphatic heterocycles. The zero-order valence-electron chi connectivity index (χ0n) is 26.0. The third-order valence-electron chi connectivity index (χ3n) is 9.34. The van der Waals surface area contributed by atoms with Gasteiger partial charge in [-0.15, -0.1) is 0 Å². The number of fused-ring (bicyclic) bond motifs is 2. The molecule has 1 aromatic carbocycles. The van der Waals surface area contributed by atoms with E-state index in [0.29, 0.717) is 25.1 Å². The van der Waals surface area contributed by atoms with Crippen LogP contribution in [0.3, 0.4) is 0 Å². The molecule has 0 bridgehead atoms. The van der Waals surface area contributed by atoms with Crippen molar-refractivity contribution >= 4 is 27.9 Å². The standard InChI is InChI=1S/C32H40N6O7S/c1-31(14-15-31)46(42,43)37-28(40)32-19-22(32)13-9-4-3-5-10-16-33-30(41)38-20-23(17-25(38)27(39)36-32)45-26-18-24(34-29(35-26)44-2)21-11-7-6-8-12-21/h6-9,11-13,18,22-23,25H,3-5,10,14-17,19-20H2,1-2H3,(H,33,41)(H,36,39)(H,37,40). The Labute approximate surface area is 268 Å². The molecule has 4 amide bonds. The molecule has 4 atom stereocenters. The minimum Gasteiger partial charge on any atom is -0.472 e. The Kier molecular flexibility index (Phi) is 8.66. The molecule has 0 spiro atoms. The first-order valence-corrected chi connectivity index (χ1v) is 17.3. The van der Waals surface area contributed by atoms with E-state index in [-0.39, 0.29) is 37.2 Å². The zero-order chi connectivity index (χ0) is 32.5. The fraction of sp³-hybridized carbons (Fsp3) is 0.531. The van der Waals surface area contributed by atoms with Crippen LogP contribution in [0.1, 0.15) is 58.3 Å². The molecule has 1 aromatic heterocycles. The van der Waals surface area contributed by atoms with E-state index in [1.54, 1.807) is 13.0 Å². The molecule has 0 radical (unpaired) electrons. The summed E-state index contributed by atoms with van der Waals surface area (Å²) in [7, 11) is -2.47. The maximum atomic E-state index is 14.0. The number of hydrogen-bond acceptors (Lipinski definition) is 9. The third-order valence-corrected chi connectivity index (χ3v) is 11.5. The van der Waals surface area contributed by atoms with Crippen molar-refractivity contribution in [1.29, 1.82) is 0 Å². The van der Waals surface area contributed by atoms with E-state index in [0.717, 1.165) is 31.2 Å². The van der Waals surface area contributed by atoms with Gasteiger partial charge in [0.25, 0.3) is 5.91 Å². The quantitative estimate of drug-likeness (QED) is 0.381. The zero-order valence-corrected chi connectivity index (χ0v) is 26.8. The number of allylic oxidation sites excluding steroid dienone is 1. The van der Waals surface area contributed by atoms with Gasteiger partial charge >= 0.3 is 12.0 Å². The van der Waals surface area contributed by atoms with Crippen LogP contribution < -0.4 is 24.8 Å². The van der Waals surface area contributed by atoms with Crippen LogP contribution in [0.15, 0.2) is 48.6 Å². The molecular weight excluding hydrogens is 612 g/mol. The average molecular weight is 653 g/mol. The van der Waals surface area contributed by atoms with Crippen molar-refractivity contribution in [2.75, 3.05) is 20.2 Å². The molecule has 2 saturated carbocycles. The largest absolute Gasteiger partial charge is 0.472 e. The Morgan fingerprint density at radius 1 is 1.11 bits per heavy atom. The molecule has 6 rings (SSSR count). The summed E-state index contributed by atoms with van der Waals surface area (Å²) >= 11 is 0. The number of methoxy groups -OCH3 is 1. The Balaban J connectivity index is 1.24. The molecule has 13 nitrogen and oxygen atoms in total. The molecule has 4 aliphatic rings. The Bertz CT molecular complexity index is 1630. The van der Waals surface area contributed by atoms with E-state index >= 15 is 0 Å². The van der Waals surface area contributed by atoms with Crippen LogP contribution in [0.4, 0.5) is 4.79 Å². The van der Waals surface area contributed by atoms with Crippen molar-refractivity contribution < 1.29 is 32.3 Å². The number of ether oxygens (including phenoxy) is 2. The van der Waals surface area contributed by atoms with Crippen LogP contribution in [-0.2, 0) is 19.6 Å². The molecule has 246 valence electrons. The molecule has 1 saturated heterocycles. The summed E-state index contributed by atoms with van der Waals surface area (Å²) in [4.78, 5) is 51.1. The van der Waals surface area contributed by atoms with E-state index in [1.807, 2.05) is 42.5 Å².